The van der Waals surface area contributed by atoms with Gasteiger partial charge in [-0.25, -0.2) is 0 Å². The molecule has 0 spiro atoms. The van der Waals surface area contributed by atoms with Gasteiger partial charge in [0.25, 0.3) is 0 Å². The number of hydrogen-bond donors (Lipinski definition) is 1. The monoisotopic (exact) mass is 269 g/mol. The van der Waals surface area contributed by atoms with Gasteiger partial charge in [0.2, 0.25) is 0 Å². The van der Waals surface area contributed by atoms with E-state index < -0.39 is 0 Å². The molecule has 0 aromatic heterocycles. The number of hydrogen-bond acceptors (Lipinski definition) is 3. The van der Waals surface area contributed by atoms with Crippen molar-refractivity contribution in [1.82, 2.24) is 4.90 Å². The third-order valence-corrected chi connectivity index (χ3v) is 4.85. The van der Waals surface area contributed by atoms with Gasteiger partial charge >= 0.3 is 0 Å². The number of rotatable bonds is 4. The number of nitrogens with zero attached hydrogens (tertiary/aromatic N) is 1. The minimum atomic E-state index is -0.0990. The summed E-state index contributed by atoms with van der Waals surface area (Å²) in [5, 5.41) is 10.2. The van der Waals surface area contributed by atoms with Crippen LogP contribution in [0.4, 0.5) is 0 Å². The molecular weight excluding hydrogens is 238 g/mol. The Bertz CT molecular complexity index is 274. The summed E-state index contributed by atoms with van der Waals surface area (Å²) in [6.45, 7) is 8.67. The number of aliphatic hydroxyl groups excluding tert-OH is 1. The second kappa shape index (κ2) is 6.55. The molecule has 0 bridgehead atoms. The molecule has 0 radical (unpaired) electrons. The fraction of sp³-hybridized carbons (Fsp3) is 1.00. The summed E-state index contributed by atoms with van der Waals surface area (Å²) < 4.78 is 5.55. The maximum absolute atomic E-state index is 10.2. The van der Waals surface area contributed by atoms with Gasteiger partial charge in [-0.05, 0) is 56.4 Å². The van der Waals surface area contributed by atoms with E-state index in [-0.39, 0.29) is 6.10 Å². The fourth-order valence-corrected chi connectivity index (χ4v) is 3.78. The molecule has 1 aliphatic heterocycles. The molecule has 3 unspecified atom stereocenters. The topological polar surface area (TPSA) is 32.7 Å². The zero-order valence-corrected chi connectivity index (χ0v) is 12.9. The van der Waals surface area contributed by atoms with Crippen molar-refractivity contribution in [2.45, 2.75) is 52.1 Å². The molecule has 1 saturated heterocycles. The second-order valence-electron chi connectivity index (χ2n) is 7.54. The normalized spacial score (nSPS) is 35.5. The fourth-order valence-electron chi connectivity index (χ4n) is 3.78. The highest BCUT2D eigenvalue weighted by Crippen LogP contribution is 2.39. The van der Waals surface area contributed by atoms with Crippen LogP contribution in [0, 0.1) is 17.3 Å². The highest BCUT2D eigenvalue weighted by atomic mass is 16.5. The molecule has 1 heterocycles. The SMILES string of the molecule is CN(CC1CCCOC1)CC1CC(C)(C)CCC1O. The van der Waals surface area contributed by atoms with Crippen LogP contribution in [0.15, 0.2) is 0 Å². The van der Waals surface area contributed by atoms with Gasteiger partial charge in [-0.1, -0.05) is 13.8 Å². The van der Waals surface area contributed by atoms with Crippen LogP contribution in [-0.2, 0) is 4.74 Å². The summed E-state index contributed by atoms with van der Waals surface area (Å²) in [4.78, 5) is 2.41. The Morgan fingerprint density at radius 1 is 1.26 bits per heavy atom. The van der Waals surface area contributed by atoms with Crippen LogP contribution in [0.1, 0.15) is 46.0 Å². The summed E-state index contributed by atoms with van der Waals surface area (Å²) in [7, 11) is 2.20. The van der Waals surface area contributed by atoms with E-state index in [0.29, 0.717) is 17.3 Å². The van der Waals surface area contributed by atoms with E-state index in [9.17, 15) is 5.11 Å². The second-order valence-corrected chi connectivity index (χ2v) is 7.54. The molecule has 3 atom stereocenters. The van der Waals surface area contributed by atoms with Crippen molar-refractivity contribution in [3.8, 4) is 0 Å². The molecule has 112 valence electrons. The van der Waals surface area contributed by atoms with Gasteiger partial charge in [-0.2, -0.15) is 0 Å². The summed E-state index contributed by atoms with van der Waals surface area (Å²) in [5.41, 5.74) is 0.401. The lowest BCUT2D eigenvalue weighted by molar-refractivity contribution is -0.00185. The average Bonchev–Trinajstić information content (AvgIpc) is 2.35. The third-order valence-electron chi connectivity index (χ3n) is 4.85. The molecule has 3 heteroatoms. The maximum atomic E-state index is 10.2. The van der Waals surface area contributed by atoms with E-state index in [2.05, 4.69) is 25.8 Å². The molecule has 1 saturated carbocycles. The summed E-state index contributed by atoms with van der Waals surface area (Å²) in [6.07, 6.45) is 5.68. The molecule has 3 nitrogen and oxygen atoms in total. The quantitative estimate of drug-likeness (QED) is 0.851. The van der Waals surface area contributed by atoms with E-state index in [1.54, 1.807) is 0 Å². The van der Waals surface area contributed by atoms with Crippen molar-refractivity contribution in [2.24, 2.45) is 17.3 Å². The van der Waals surface area contributed by atoms with Crippen molar-refractivity contribution < 1.29 is 9.84 Å². The molecule has 1 aliphatic carbocycles. The van der Waals surface area contributed by atoms with Gasteiger partial charge in [0.1, 0.15) is 0 Å². The Balaban J connectivity index is 1.78. The van der Waals surface area contributed by atoms with E-state index in [1.165, 1.54) is 12.8 Å². The molecule has 2 rings (SSSR count). The molecular formula is C16H31NO2. The smallest absolute Gasteiger partial charge is 0.0581 e. The molecule has 19 heavy (non-hydrogen) atoms. The Kier molecular flexibility index (Phi) is 5.27. The van der Waals surface area contributed by atoms with Crippen LogP contribution in [0.3, 0.4) is 0 Å². The Morgan fingerprint density at radius 3 is 2.74 bits per heavy atom. The Labute approximate surface area is 118 Å². The summed E-state index contributed by atoms with van der Waals surface area (Å²) in [6, 6.07) is 0. The third kappa shape index (κ3) is 4.73. The minimum absolute atomic E-state index is 0.0990. The first kappa shape index (κ1) is 15.3. The van der Waals surface area contributed by atoms with E-state index >= 15 is 0 Å². The van der Waals surface area contributed by atoms with Crippen molar-refractivity contribution >= 4 is 0 Å². The lowest BCUT2D eigenvalue weighted by Gasteiger charge is -2.40. The van der Waals surface area contributed by atoms with Crippen molar-refractivity contribution in [3.05, 3.63) is 0 Å². The highest BCUT2D eigenvalue weighted by molar-refractivity contribution is 4.86. The van der Waals surface area contributed by atoms with Gasteiger partial charge in [-0.3, -0.25) is 0 Å². The lowest BCUT2D eigenvalue weighted by Crippen LogP contribution is -2.41. The molecule has 0 aromatic carbocycles. The minimum Gasteiger partial charge on any atom is -0.393 e. The van der Waals surface area contributed by atoms with Crippen LogP contribution in [0.5, 0.6) is 0 Å². The van der Waals surface area contributed by atoms with Gasteiger partial charge < -0.3 is 14.7 Å². The molecule has 0 amide bonds. The van der Waals surface area contributed by atoms with E-state index in [4.69, 9.17) is 4.74 Å². The molecule has 0 aromatic rings. The molecule has 1 N–H and O–H groups in total. The van der Waals surface area contributed by atoms with Gasteiger partial charge in [0.15, 0.2) is 0 Å². The standard InChI is InChI=1S/C16H31NO2/c1-16(2)7-6-15(18)14(9-16)11-17(3)10-13-5-4-8-19-12-13/h13-15,18H,4-12H2,1-3H3. The first-order valence-electron chi connectivity index (χ1n) is 7.91. The van der Waals surface area contributed by atoms with Crippen LogP contribution < -0.4 is 0 Å². The summed E-state index contributed by atoms with van der Waals surface area (Å²) in [5.74, 6) is 1.13. The van der Waals surface area contributed by atoms with Crippen molar-refractivity contribution in [2.75, 3.05) is 33.4 Å². The van der Waals surface area contributed by atoms with Gasteiger partial charge in [-0.15, -0.1) is 0 Å². The van der Waals surface area contributed by atoms with Crippen molar-refractivity contribution in [3.63, 3.8) is 0 Å². The van der Waals surface area contributed by atoms with Gasteiger partial charge in [0, 0.05) is 19.7 Å². The number of ether oxygens (including phenoxy) is 1. The zero-order chi connectivity index (χ0) is 13.9. The predicted octanol–water partition coefficient (Wildman–Crippen LogP) is 2.53. The Morgan fingerprint density at radius 2 is 2.05 bits per heavy atom. The molecule has 2 fully saturated rings. The van der Waals surface area contributed by atoms with Crippen LogP contribution in [-0.4, -0.2) is 49.5 Å². The maximum Gasteiger partial charge on any atom is 0.0581 e. The first-order valence-corrected chi connectivity index (χ1v) is 7.91. The Hall–Kier alpha value is -0.120. The van der Waals surface area contributed by atoms with Crippen LogP contribution in [0.2, 0.25) is 0 Å². The number of aliphatic hydroxyl groups is 1. The predicted molar refractivity (Wildman–Crippen MR) is 78.2 cm³/mol. The van der Waals surface area contributed by atoms with Gasteiger partial charge in [0.05, 0.1) is 12.7 Å². The zero-order valence-electron chi connectivity index (χ0n) is 12.9. The average molecular weight is 269 g/mol. The first-order chi connectivity index (χ1) is 8.96. The van der Waals surface area contributed by atoms with Crippen molar-refractivity contribution in [1.29, 1.82) is 0 Å². The van der Waals surface area contributed by atoms with Crippen LogP contribution in [0.25, 0.3) is 0 Å². The lowest BCUT2D eigenvalue weighted by atomic mass is 9.70. The van der Waals surface area contributed by atoms with E-state index in [1.807, 2.05) is 0 Å². The highest BCUT2D eigenvalue weighted by Gasteiger charge is 2.34. The largest absolute Gasteiger partial charge is 0.393 e. The van der Waals surface area contributed by atoms with E-state index in [0.717, 1.165) is 45.6 Å². The summed E-state index contributed by atoms with van der Waals surface area (Å²) >= 11 is 0. The van der Waals surface area contributed by atoms with Crippen LogP contribution >= 0.6 is 0 Å². The molecule has 2 aliphatic rings.